The second kappa shape index (κ2) is 7.44. The summed E-state index contributed by atoms with van der Waals surface area (Å²) in [5, 5.41) is 2.02. The van der Waals surface area contributed by atoms with E-state index < -0.39 is 20.0 Å². The summed E-state index contributed by atoms with van der Waals surface area (Å²) in [6, 6.07) is 14.2. The molecule has 0 saturated carbocycles. The first kappa shape index (κ1) is 21.2. The number of benzene rings is 2. The fraction of sp³-hybridized carbons (Fsp3) is 0.150. The Morgan fingerprint density at radius 2 is 1.50 bits per heavy atom. The van der Waals surface area contributed by atoms with Crippen molar-refractivity contribution in [3.8, 4) is 0 Å². The molecule has 0 amide bonds. The highest BCUT2D eigenvalue weighted by Crippen LogP contribution is 2.39. The van der Waals surface area contributed by atoms with Gasteiger partial charge in [-0.25, -0.2) is 16.8 Å². The van der Waals surface area contributed by atoms with Gasteiger partial charge in [-0.1, -0.05) is 18.2 Å². The molecule has 2 aromatic carbocycles. The van der Waals surface area contributed by atoms with Crippen LogP contribution in [0.3, 0.4) is 0 Å². The van der Waals surface area contributed by atoms with Crippen LogP contribution in [0.4, 0.5) is 11.4 Å². The van der Waals surface area contributed by atoms with Crippen LogP contribution < -0.4 is 13.4 Å². The molecular weight excluding hydrogens is 491 g/mol. The van der Waals surface area contributed by atoms with Gasteiger partial charge in [0.1, 0.15) is 4.21 Å². The number of aromatic nitrogens is 1. The van der Waals surface area contributed by atoms with Crippen LogP contribution in [0.25, 0.3) is 10.9 Å². The lowest BCUT2D eigenvalue weighted by Crippen LogP contribution is -2.46. The summed E-state index contributed by atoms with van der Waals surface area (Å²) in [6.45, 7) is -0.0808. The predicted octanol–water partition coefficient (Wildman–Crippen LogP) is 3.07. The van der Waals surface area contributed by atoms with Crippen LogP contribution in [0.1, 0.15) is 0 Å². The van der Waals surface area contributed by atoms with Gasteiger partial charge in [-0.15, -0.1) is 11.3 Å². The first-order valence-electron chi connectivity index (χ1n) is 9.49. The molecule has 166 valence electrons. The van der Waals surface area contributed by atoms with Crippen molar-refractivity contribution in [2.45, 2.75) is 9.10 Å². The molecule has 3 heterocycles. The lowest BCUT2D eigenvalue weighted by molar-refractivity contribution is 0.582. The smallest absolute Gasteiger partial charge is 0.273 e. The van der Waals surface area contributed by atoms with Crippen LogP contribution in [0.2, 0.25) is 0 Å². The number of aryl methyl sites for hydroxylation is 1. The summed E-state index contributed by atoms with van der Waals surface area (Å²) in [6.07, 6.45) is 0. The van der Waals surface area contributed by atoms with E-state index in [1.54, 1.807) is 52.8 Å². The molecule has 4 aromatic rings. The van der Waals surface area contributed by atoms with E-state index in [9.17, 15) is 21.6 Å². The first-order valence-corrected chi connectivity index (χ1v) is 14.0. The van der Waals surface area contributed by atoms with Crippen molar-refractivity contribution < 1.29 is 16.8 Å². The van der Waals surface area contributed by atoms with Crippen molar-refractivity contribution in [3.63, 3.8) is 0 Å². The minimum atomic E-state index is -4.03. The highest BCUT2D eigenvalue weighted by atomic mass is 32.2. The summed E-state index contributed by atoms with van der Waals surface area (Å²) in [5.41, 5.74) is 1.23. The van der Waals surface area contributed by atoms with Crippen molar-refractivity contribution in [1.82, 2.24) is 3.96 Å². The van der Waals surface area contributed by atoms with Crippen LogP contribution in [-0.2, 0) is 27.1 Å². The quantitative estimate of drug-likeness (QED) is 0.423. The third kappa shape index (κ3) is 3.17. The summed E-state index contributed by atoms with van der Waals surface area (Å²) in [5.74, 6) is 0. The summed E-state index contributed by atoms with van der Waals surface area (Å²) in [7, 11) is -6.09. The van der Waals surface area contributed by atoms with Gasteiger partial charge < -0.3 is 0 Å². The predicted molar refractivity (Wildman–Crippen MR) is 127 cm³/mol. The average molecular weight is 508 g/mol. The number of anilines is 2. The van der Waals surface area contributed by atoms with Gasteiger partial charge in [0.15, 0.2) is 0 Å². The largest absolute Gasteiger partial charge is 0.297 e. The van der Waals surface area contributed by atoms with Crippen molar-refractivity contribution >= 4 is 65.2 Å². The number of sulfonamides is 2. The number of hydrogen-bond acceptors (Lipinski definition) is 7. The van der Waals surface area contributed by atoms with Gasteiger partial charge >= 0.3 is 0 Å². The molecule has 0 fully saturated rings. The Morgan fingerprint density at radius 3 is 2.12 bits per heavy atom. The molecule has 5 rings (SSSR count). The Morgan fingerprint density at radius 1 is 0.844 bits per heavy atom. The molecule has 0 radical (unpaired) electrons. The van der Waals surface area contributed by atoms with Gasteiger partial charge in [0, 0.05) is 7.05 Å². The van der Waals surface area contributed by atoms with Gasteiger partial charge in [-0.3, -0.25) is 17.4 Å². The number of thiophene rings is 1. The van der Waals surface area contributed by atoms with E-state index in [1.165, 1.54) is 26.8 Å². The topological polar surface area (TPSA) is 96.8 Å². The molecule has 2 aromatic heterocycles. The van der Waals surface area contributed by atoms with Gasteiger partial charge in [0.25, 0.3) is 24.8 Å². The van der Waals surface area contributed by atoms with Crippen LogP contribution >= 0.6 is 22.9 Å². The van der Waals surface area contributed by atoms with E-state index in [4.69, 9.17) is 0 Å². The zero-order chi connectivity index (χ0) is 22.7. The molecular formula is C20H17N3O5S4. The maximum atomic E-state index is 13.6. The SMILES string of the molecule is Cn1sc(=O)c2cc(S(=O)(=O)N3CCN(S(=O)(=O)c4cccs4)c4ccccc43)ccc21. The van der Waals surface area contributed by atoms with E-state index in [0.29, 0.717) is 16.6 Å². The summed E-state index contributed by atoms with van der Waals surface area (Å²) in [4.78, 5) is 12.2. The van der Waals surface area contributed by atoms with Crippen molar-refractivity contribution in [2.75, 3.05) is 21.7 Å². The monoisotopic (exact) mass is 507 g/mol. The lowest BCUT2D eigenvalue weighted by Gasteiger charge is -2.37. The molecule has 0 saturated heterocycles. The van der Waals surface area contributed by atoms with Gasteiger partial charge in [0.05, 0.1) is 40.3 Å². The Labute approximate surface area is 192 Å². The Bertz CT molecular complexity index is 1600. The molecule has 1 aliphatic heterocycles. The molecule has 0 atom stereocenters. The van der Waals surface area contributed by atoms with Gasteiger partial charge in [0.2, 0.25) is 0 Å². The van der Waals surface area contributed by atoms with Gasteiger partial charge in [-0.05, 0) is 53.3 Å². The summed E-state index contributed by atoms with van der Waals surface area (Å²) >= 11 is 2.12. The second-order valence-electron chi connectivity index (χ2n) is 7.13. The fourth-order valence-electron chi connectivity index (χ4n) is 3.79. The summed E-state index contributed by atoms with van der Waals surface area (Å²) < 4.78 is 57.5. The third-order valence-corrected chi connectivity index (χ3v) is 11.2. The normalized spacial score (nSPS) is 14.7. The molecule has 0 unspecified atom stereocenters. The molecule has 8 nitrogen and oxygen atoms in total. The number of para-hydroxylation sites is 2. The maximum Gasteiger partial charge on any atom is 0.273 e. The molecule has 0 bridgehead atoms. The molecule has 32 heavy (non-hydrogen) atoms. The molecule has 0 spiro atoms. The Balaban J connectivity index is 1.61. The van der Waals surface area contributed by atoms with E-state index >= 15 is 0 Å². The molecule has 0 aliphatic carbocycles. The third-order valence-electron chi connectivity index (χ3n) is 5.30. The zero-order valence-electron chi connectivity index (χ0n) is 16.7. The van der Waals surface area contributed by atoms with E-state index in [1.807, 2.05) is 0 Å². The van der Waals surface area contributed by atoms with Crippen LogP contribution in [-0.4, -0.2) is 33.9 Å². The number of hydrogen-bond donors (Lipinski definition) is 0. The Kier molecular flexibility index (Phi) is 4.93. The highest BCUT2D eigenvalue weighted by Gasteiger charge is 2.37. The molecule has 12 heteroatoms. The van der Waals surface area contributed by atoms with Crippen molar-refractivity contribution in [2.24, 2.45) is 7.05 Å². The fourth-order valence-corrected chi connectivity index (χ4v) is 8.63. The van der Waals surface area contributed by atoms with E-state index in [2.05, 4.69) is 0 Å². The average Bonchev–Trinajstić information content (AvgIpc) is 3.42. The standard InChI is InChI=1S/C20H17N3O5S4/c1-21-16-9-8-14(13-15(16)20(24)30-21)31(25,26)22-10-11-23(18-6-3-2-5-17(18)22)32(27,28)19-7-4-12-29-19/h2-9,12-13H,10-11H2,1H3. The zero-order valence-corrected chi connectivity index (χ0v) is 20.0. The molecule has 1 aliphatic rings. The van der Waals surface area contributed by atoms with Gasteiger partial charge in [-0.2, -0.15) is 0 Å². The minimum Gasteiger partial charge on any atom is -0.297 e. The van der Waals surface area contributed by atoms with Crippen LogP contribution in [0.15, 0.2) is 73.9 Å². The van der Waals surface area contributed by atoms with E-state index in [-0.39, 0.29) is 32.6 Å². The maximum absolute atomic E-state index is 13.6. The van der Waals surface area contributed by atoms with Crippen molar-refractivity contribution in [3.05, 3.63) is 69.5 Å². The first-order chi connectivity index (χ1) is 15.2. The highest BCUT2D eigenvalue weighted by molar-refractivity contribution is 7.95. The number of nitrogens with zero attached hydrogens (tertiary/aromatic N) is 3. The van der Waals surface area contributed by atoms with Crippen LogP contribution in [0, 0.1) is 0 Å². The second-order valence-corrected chi connectivity index (χ2v) is 13.1. The number of fused-ring (bicyclic) bond motifs is 2. The Hall–Kier alpha value is -2.67. The lowest BCUT2D eigenvalue weighted by atomic mass is 10.2. The minimum absolute atomic E-state index is 0.00938. The van der Waals surface area contributed by atoms with Crippen molar-refractivity contribution in [1.29, 1.82) is 0 Å². The number of rotatable bonds is 4. The van der Waals surface area contributed by atoms with E-state index in [0.717, 1.165) is 22.9 Å². The molecule has 0 N–H and O–H groups in total. The van der Waals surface area contributed by atoms with Crippen LogP contribution in [0.5, 0.6) is 0 Å².